The van der Waals surface area contributed by atoms with Crippen LogP contribution in [0, 0.1) is 43.4 Å². The molecule has 0 atom stereocenters. The number of aryl methyl sites for hydroxylation is 2. The number of piperidine rings is 1. The summed E-state index contributed by atoms with van der Waals surface area (Å²) in [6, 6.07) is 11.7. The second-order valence-electron chi connectivity index (χ2n) is 17.5. The van der Waals surface area contributed by atoms with E-state index in [1.165, 1.54) is 33.8 Å². The fourth-order valence-electron chi connectivity index (χ4n) is 9.86. The maximum atomic E-state index is 13.1. The zero-order valence-electron chi connectivity index (χ0n) is 33.7. The molecule has 10 rings (SSSR count). The summed E-state index contributed by atoms with van der Waals surface area (Å²) in [7, 11) is 0. The van der Waals surface area contributed by atoms with E-state index in [0.717, 1.165) is 99.5 Å². The van der Waals surface area contributed by atoms with Crippen molar-refractivity contribution in [3.05, 3.63) is 104 Å². The van der Waals surface area contributed by atoms with Crippen LogP contribution in [0.25, 0.3) is 5.00 Å². The molecular weight excluding hydrogens is 780 g/mol. The van der Waals surface area contributed by atoms with Gasteiger partial charge < -0.3 is 15.0 Å². The number of pyridine rings is 1. The van der Waals surface area contributed by atoms with Gasteiger partial charge in [-0.15, -0.1) is 21.5 Å². The number of fused-ring (bicyclic) bond motifs is 4. The summed E-state index contributed by atoms with van der Waals surface area (Å²) in [5.74, 6) is 3.74. The number of hydrogen-bond acceptors (Lipinski definition) is 11. The average molecular weight is 827 g/mol. The van der Waals surface area contributed by atoms with Crippen LogP contribution < -0.4 is 15.0 Å². The zero-order chi connectivity index (χ0) is 40.5. The van der Waals surface area contributed by atoms with Crippen molar-refractivity contribution >= 4 is 40.5 Å². The number of halogens is 1. The number of amides is 1. The summed E-state index contributed by atoms with van der Waals surface area (Å²) < 4.78 is 8.35. The molecule has 4 aromatic heterocycles. The third-order valence-electron chi connectivity index (χ3n) is 13.5. The van der Waals surface area contributed by atoms with E-state index in [2.05, 4.69) is 67.0 Å². The fourth-order valence-corrected chi connectivity index (χ4v) is 11.3. The van der Waals surface area contributed by atoms with Gasteiger partial charge in [-0.1, -0.05) is 11.6 Å². The van der Waals surface area contributed by atoms with E-state index < -0.39 is 0 Å². The molecule has 302 valence electrons. The maximum absolute atomic E-state index is 13.1. The third kappa shape index (κ3) is 7.08. The van der Waals surface area contributed by atoms with Crippen molar-refractivity contribution in [1.82, 2.24) is 35.0 Å². The molecule has 6 heterocycles. The number of anilines is 1. The number of nitriles is 1. The first-order valence-electron chi connectivity index (χ1n) is 20.9. The van der Waals surface area contributed by atoms with Crippen molar-refractivity contribution in [3.8, 4) is 16.8 Å². The number of nitrogens with one attached hydrogen (secondary N) is 1. The van der Waals surface area contributed by atoms with Crippen LogP contribution in [0.1, 0.15) is 119 Å². The Bertz CT molecular complexity index is 2490. The number of aliphatic imine (C=N–C) groups is 1. The van der Waals surface area contributed by atoms with Crippen molar-refractivity contribution in [3.63, 3.8) is 0 Å². The van der Waals surface area contributed by atoms with Crippen molar-refractivity contribution in [2.45, 2.75) is 109 Å². The molecule has 1 aromatic carbocycles. The highest BCUT2D eigenvalue weighted by molar-refractivity contribution is 7.15. The molecular formula is C45H47ClN10O2S. The standard InChI is InChI=1S/C45H47ClN10O2S/c1-26-27(2)59-41-38(26)39(52-45(12-13-45)42-54-53-28(3)56(41)42)31-4-6-34(48-23-31)18-29-20-44(21-29)14-16-55(17-15-44)43-49-24-32(25-50-43)40(57)51-33-7-10-35(11-8-33)58-36-9-5-30(22-47)37(46)19-36/h4-6,9,19,23-25,29,33,35H,7-8,10-18,20-21H2,1-3H3,(H,51,57)/t33-,35-. The van der Waals surface area contributed by atoms with E-state index in [1.807, 2.05) is 13.1 Å². The van der Waals surface area contributed by atoms with Crippen LogP contribution in [0.15, 0.2) is 53.9 Å². The Morgan fingerprint density at radius 3 is 2.42 bits per heavy atom. The molecule has 59 heavy (non-hydrogen) atoms. The molecule has 1 N–H and O–H groups in total. The summed E-state index contributed by atoms with van der Waals surface area (Å²) in [6.07, 6.45) is 16.4. The molecule has 3 aliphatic carbocycles. The number of carbonyl (C=O) groups excluding carboxylic acids is 1. The first kappa shape index (κ1) is 38.0. The summed E-state index contributed by atoms with van der Waals surface area (Å²) >= 11 is 7.97. The van der Waals surface area contributed by atoms with Gasteiger partial charge in [-0.25, -0.2) is 9.97 Å². The first-order valence-corrected chi connectivity index (χ1v) is 22.1. The Hall–Kier alpha value is -5.19. The minimum atomic E-state index is -0.291. The highest BCUT2D eigenvalue weighted by atomic mass is 35.5. The second kappa shape index (κ2) is 14.8. The Labute approximate surface area is 353 Å². The van der Waals surface area contributed by atoms with Crippen molar-refractivity contribution < 1.29 is 9.53 Å². The van der Waals surface area contributed by atoms with Gasteiger partial charge >= 0.3 is 0 Å². The van der Waals surface area contributed by atoms with Crippen LogP contribution in [-0.4, -0.2) is 66.6 Å². The second-order valence-corrected chi connectivity index (χ2v) is 19.1. The lowest BCUT2D eigenvalue weighted by Gasteiger charge is -2.52. The van der Waals surface area contributed by atoms with Gasteiger partial charge in [0.15, 0.2) is 5.82 Å². The molecule has 0 unspecified atom stereocenters. The maximum Gasteiger partial charge on any atom is 0.254 e. The number of thiophene rings is 1. The number of hydrogen-bond donors (Lipinski definition) is 1. The lowest BCUT2D eigenvalue weighted by molar-refractivity contribution is 0.0276. The highest BCUT2D eigenvalue weighted by Crippen LogP contribution is 2.54. The minimum Gasteiger partial charge on any atom is -0.490 e. The lowest BCUT2D eigenvalue weighted by atomic mass is 9.56. The molecule has 12 nitrogen and oxygen atoms in total. The smallest absolute Gasteiger partial charge is 0.254 e. The van der Waals surface area contributed by atoms with Gasteiger partial charge in [-0.05, 0) is 133 Å². The van der Waals surface area contributed by atoms with Crippen LogP contribution in [0.3, 0.4) is 0 Å². The SMILES string of the molecule is Cc1sc2c(c1C)C(c1ccc(CC3CC4(CCN(c5ncc(C(=O)N[C@H]6CC[C@H](Oc7ccc(C#N)c(Cl)c7)CC6)cn5)CC4)C3)nc1)=NC1(CC1)c1nnc(C)n1-2. The van der Waals surface area contributed by atoms with Crippen molar-refractivity contribution in [2.24, 2.45) is 16.3 Å². The molecule has 1 saturated heterocycles. The molecule has 14 heteroatoms. The number of carbonyl (C=O) groups is 1. The first-order chi connectivity index (χ1) is 28.6. The number of ether oxygens (including phenoxy) is 1. The van der Waals surface area contributed by atoms with E-state index in [-0.39, 0.29) is 23.6 Å². The van der Waals surface area contributed by atoms with Crippen LogP contribution in [0.5, 0.6) is 5.75 Å². The van der Waals surface area contributed by atoms with Gasteiger partial charge in [0, 0.05) is 65.5 Å². The fraction of sp³-hybridized carbons (Fsp3) is 0.467. The van der Waals surface area contributed by atoms with Gasteiger partial charge in [0.05, 0.1) is 28.0 Å². The number of nitrogens with zero attached hydrogens (tertiary/aromatic N) is 9. The third-order valence-corrected chi connectivity index (χ3v) is 15.0. The topological polar surface area (TPSA) is 147 Å². The predicted molar refractivity (Wildman–Crippen MR) is 227 cm³/mol. The minimum absolute atomic E-state index is 0.0439. The molecule has 0 bridgehead atoms. The summed E-state index contributed by atoms with van der Waals surface area (Å²) in [5.41, 5.74) is 6.73. The normalized spacial score (nSPS) is 21.5. The average Bonchev–Trinajstić information content (AvgIpc) is 3.85. The van der Waals surface area contributed by atoms with Gasteiger partial charge in [0.1, 0.15) is 28.2 Å². The molecule has 0 radical (unpaired) electrons. The zero-order valence-corrected chi connectivity index (χ0v) is 35.2. The van der Waals surface area contributed by atoms with E-state index in [9.17, 15) is 4.79 Å². The number of aromatic nitrogens is 6. The monoisotopic (exact) mass is 826 g/mol. The Balaban J connectivity index is 0.697. The van der Waals surface area contributed by atoms with E-state index in [4.69, 9.17) is 31.6 Å². The Morgan fingerprint density at radius 2 is 1.75 bits per heavy atom. The molecule has 2 spiro atoms. The van der Waals surface area contributed by atoms with Gasteiger partial charge in [-0.3, -0.25) is 19.3 Å². The van der Waals surface area contributed by atoms with Crippen LogP contribution in [0.2, 0.25) is 5.02 Å². The number of benzene rings is 1. The predicted octanol–water partition coefficient (Wildman–Crippen LogP) is 8.16. The molecule has 1 amide bonds. The van der Waals surface area contributed by atoms with Gasteiger partial charge in [0.25, 0.3) is 5.91 Å². The van der Waals surface area contributed by atoms with Crippen molar-refractivity contribution in [2.75, 3.05) is 18.0 Å². The van der Waals surface area contributed by atoms with Crippen molar-refractivity contribution in [1.29, 1.82) is 5.26 Å². The van der Waals surface area contributed by atoms with Gasteiger partial charge in [0.2, 0.25) is 5.95 Å². The summed E-state index contributed by atoms with van der Waals surface area (Å²) in [4.78, 5) is 36.3. The van der Waals surface area contributed by atoms with Crippen LogP contribution in [0.4, 0.5) is 5.95 Å². The van der Waals surface area contributed by atoms with E-state index in [1.54, 1.807) is 41.9 Å². The highest BCUT2D eigenvalue weighted by Gasteiger charge is 2.52. The number of rotatable bonds is 8. The van der Waals surface area contributed by atoms with E-state index >= 15 is 0 Å². The summed E-state index contributed by atoms with van der Waals surface area (Å²) in [6.45, 7) is 8.28. The molecule has 5 aromatic rings. The largest absolute Gasteiger partial charge is 0.490 e. The summed E-state index contributed by atoms with van der Waals surface area (Å²) in [5, 5.41) is 22.9. The Morgan fingerprint density at radius 1 is 0.983 bits per heavy atom. The Kier molecular flexibility index (Phi) is 9.55. The van der Waals surface area contributed by atoms with Crippen LogP contribution in [-0.2, 0) is 12.0 Å². The van der Waals surface area contributed by atoms with Crippen LogP contribution >= 0.6 is 22.9 Å². The molecule has 4 fully saturated rings. The lowest BCUT2D eigenvalue weighted by Crippen LogP contribution is -2.48. The van der Waals surface area contributed by atoms with Gasteiger partial charge in [-0.2, -0.15) is 5.26 Å². The molecule has 3 saturated carbocycles. The molecule has 5 aliphatic rings. The quantitative estimate of drug-likeness (QED) is 0.164. The van der Waals surface area contributed by atoms with E-state index in [0.29, 0.717) is 39.2 Å². The molecule has 2 aliphatic heterocycles.